The molecule has 98 valence electrons. The average molecular weight is 253 g/mol. The molecule has 0 unspecified atom stereocenters. The zero-order valence-corrected chi connectivity index (χ0v) is 10.0. The van der Waals surface area contributed by atoms with Crippen LogP contribution in [0.5, 0.6) is 0 Å². The molecule has 8 nitrogen and oxygen atoms in total. The van der Waals surface area contributed by atoms with Crippen LogP contribution in [-0.2, 0) is 11.8 Å². The number of amides is 1. The number of carbonyl (C=O) groups excluding carboxylic acids is 1. The van der Waals surface area contributed by atoms with Gasteiger partial charge >= 0.3 is 5.69 Å². The van der Waals surface area contributed by atoms with E-state index in [2.05, 4.69) is 15.7 Å². The zero-order valence-electron chi connectivity index (χ0n) is 10.0. The number of nitrogens with one attached hydrogen (secondary N) is 2. The molecule has 18 heavy (non-hydrogen) atoms. The van der Waals surface area contributed by atoms with Crippen molar-refractivity contribution in [3.63, 3.8) is 0 Å². The van der Waals surface area contributed by atoms with Crippen molar-refractivity contribution in [3.05, 3.63) is 16.3 Å². The van der Waals surface area contributed by atoms with Crippen molar-refractivity contribution in [1.29, 1.82) is 0 Å². The second kappa shape index (κ2) is 5.03. The summed E-state index contributed by atoms with van der Waals surface area (Å²) in [6.45, 7) is 0.847. The summed E-state index contributed by atoms with van der Waals surface area (Å²) in [5.41, 5.74) is -0.0639. The first-order valence-corrected chi connectivity index (χ1v) is 5.77. The first kappa shape index (κ1) is 12.3. The van der Waals surface area contributed by atoms with Gasteiger partial charge < -0.3 is 10.6 Å². The van der Waals surface area contributed by atoms with Crippen molar-refractivity contribution >= 4 is 17.4 Å². The third-order valence-electron chi connectivity index (χ3n) is 2.67. The Kier molecular flexibility index (Phi) is 3.45. The van der Waals surface area contributed by atoms with Crippen LogP contribution < -0.4 is 10.6 Å². The van der Waals surface area contributed by atoms with Crippen molar-refractivity contribution in [2.24, 2.45) is 13.0 Å². The van der Waals surface area contributed by atoms with Crippen molar-refractivity contribution < 1.29 is 9.72 Å². The summed E-state index contributed by atoms with van der Waals surface area (Å²) in [6, 6.07) is 0. The Bertz CT molecular complexity index is 466. The Morgan fingerprint density at radius 3 is 2.94 bits per heavy atom. The van der Waals surface area contributed by atoms with Crippen molar-refractivity contribution in [1.82, 2.24) is 15.1 Å². The zero-order chi connectivity index (χ0) is 13.1. The van der Waals surface area contributed by atoms with Crippen LogP contribution in [0.15, 0.2) is 6.20 Å². The Morgan fingerprint density at radius 2 is 2.33 bits per heavy atom. The van der Waals surface area contributed by atoms with Crippen molar-refractivity contribution in [2.75, 3.05) is 18.4 Å². The van der Waals surface area contributed by atoms with Crippen LogP contribution in [0.4, 0.5) is 11.5 Å². The van der Waals surface area contributed by atoms with Gasteiger partial charge in [0.2, 0.25) is 11.7 Å². The molecule has 1 aliphatic rings. The standard InChI is InChI=1S/C10H15N5O3/c1-14-6-8(15(17)18)9(13-14)11-4-5-12-10(16)7-2-3-7/h6-7H,2-5H2,1H3,(H,11,13)(H,12,16). The van der Waals surface area contributed by atoms with Crippen molar-refractivity contribution in [3.8, 4) is 0 Å². The summed E-state index contributed by atoms with van der Waals surface area (Å²) in [4.78, 5) is 21.6. The average Bonchev–Trinajstić information content (AvgIpc) is 3.08. The molecular weight excluding hydrogens is 238 g/mol. The SMILES string of the molecule is Cn1cc([N+](=O)[O-])c(NCCNC(=O)C2CC2)n1. The van der Waals surface area contributed by atoms with Crippen LogP contribution in [0.2, 0.25) is 0 Å². The molecule has 0 atom stereocenters. The van der Waals surface area contributed by atoms with Gasteiger partial charge in [0.15, 0.2) is 0 Å². The Balaban J connectivity index is 1.78. The Hall–Kier alpha value is -2.12. The van der Waals surface area contributed by atoms with E-state index in [4.69, 9.17) is 0 Å². The number of aromatic nitrogens is 2. The molecule has 1 fully saturated rings. The summed E-state index contributed by atoms with van der Waals surface area (Å²) < 4.78 is 1.38. The maximum Gasteiger partial charge on any atom is 0.330 e. The van der Waals surface area contributed by atoms with E-state index in [0.717, 1.165) is 12.8 Å². The lowest BCUT2D eigenvalue weighted by atomic mass is 10.4. The lowest BCUT2D eigenvalue weighted by Crippen LogP contribution is -2.29. The number of anilines is 1. The molecule has 1 heterocycles. The summed E-state index contributed by atoms with van der Waals surface area (Å²) in [5.74, 6) is 0.463. The summed E-state index contributed by atoms with van der Waals surface area (Å²) >= 11 is 0. The molecule has 1 amide bonds. The number of nitro groups is 1. The van der Waals surface area contributed by atoms with E-state index >= 15 is 0 Å². The topological polar surface area (TPSA) is 102 Å². The van der Waals surface area contributed by atoms with E-state index in [1.165, 1.54) is 10.9 Å². The van der Waals surface area contributed by atoms with E-state index in [0.29, 0.717) is 13.1 Å². The van der Waals surface area contributed by atoms with Gasteiger partial charge in [-0.15, -0.1) is 5.10 Å². The van der Waals surface area contributed by atoms with Gasteiger partial charge in [-0.05, 0) is 12.8 Å². The molecule has 0 aliphatic heterocycles. The van der Waals surface area contributed by atoms with E-state index in [-0.39, 0.29) is 23.3 Å². The minimum atomic E-state index is -0.488. The molecule has 2 rings (SSSR count). The van der Waals surface area contributed by atoms with E-state index in [9.17, 15) is 14.9 Å². The number of hydrogen-bond acceptors (Lipinski definition) is 5. The highest BCUT2D eigenvalue weighted by atomic mass is 16.6. The Morgan fingerprint density at radius 1 is 1.61 bits per heavy atom. The minimum absolute atomic E-state index is 0.0623. The summed E-state index contributed by atoms with van der Waals surface area (Å²) in [6.07, 6.45) is 3.26. The number of nitrogens with zero attached hydrogens (tertiary/aromatic N) is 3. The van der Waals surface area contributed by atoms with Gasteiger partial charge in [-0.2, -0.15) is 0 Å². The monoisotopic (exact) mass is 253 g/mol. The highest BCUT2D eigenvalue weighted by Crippen LogP contribution is 2.28. The maximum atomic E-state index is 11.3. The molecule has 0 saturated heterocycles. The van der Waals surface area contributed by atoms with Gasteiger partial charge in [-0.25, -0.2) is 0 Å². The predicted octanol–water partition coefficient (Wildman–Crippen LogP) is 0.266. The molecule has 2 N–H and O–H groups in total. The smallest absolute Gasteiger partial charge is 0.330 e. The second-order valence-electron chi connectivity index (χ2n) is 4.29. The number of rotatable bonds is 6. The first-order chi connectivity index (χ1) is 8.58. The number of aryl methyl sites for hydroxylation is 1. The lowest BCUT2D eigenvalue weighted by Gasteiger charge is -2.04. The fourth-order valence-electron chi connectivity index (χ4n) is 1.59. The fraction of sp³-hybridized carbons (Fsp3) is 0.600. The molecule has 1 aliphatic carbocycles. The van der Waals surface area contributed by atoms with Gasteiger partial charge in [0, 0.05) is 26.1 Å². The van der Waals surface area contributed by atoms with Gasteiger partial charge in [0.1, 0.15) is 6.20 Å². The molecule has 1 aromatic rings. The molecular formula is C10H15N5O3. The molecule has 8 heteroatoms. The highest BCUT2D eigenvalue weighted by Gasteiger charge is 2.29. The van der Waals surface area contributed by atoms with Crippen LogP contribution in [0.3, 0.4) is 0 Å². The van der Waals surface area contributed by atoms with Crippen LogP contribution in [0.1, 0.15) is 12.8 Å². The maximum absolute atomic E-state index is 11.3. The molecule has 0 spiro atoms. The van der Waals surface area contributed by atoms with Gasteiger partial charge in [0.25, 0.3) is 0 Å². The number of carbonyl (C=O) groups is 1. The largest absolute Gasteiger partial charge is 0.361 e. The summed E-state index contributed by atoms with van der Waals surface area (Å²) in [7, 11) is 1.62. The normalized spacial score (nSPS) is 14.3. The molecule has 0 bridgehead atoms. The molecule has 1 saturated carbocycles. The minimum Gasteiger partial charge on any atom is -0.361 e. The van der Waals surface area contributed by atoms with E-state index in [1.807, 2.05) is 0 Å². The van der Waals surface area contributed by atoms with E-state index < -0.39 is 4.92 Å². The first-order valence-electron chi connectivity index (χ1n) is 5.77. The lowest BCUT2D eigenvalue weighted by molar-refractivity contribution is -0.384. The molecule has 1 aromatic heterocycles. The predicted molar refractivity (Wildman–Crippen MR) is 64.1 cm³/mol. The fourth-order valence-corrected chi connectivity index (χ4v) is 1.59. The third kappa shape index (κ3) is 2.96. The van der Waals surface area contributed by atoms with Crippen LogP contribution in [0.25, 0.3) is 0 Å². The van der Waals surface area contributed by atoms with Crippen LogP contribution in [-0.4, -0.2) is 33.7 Å². The third-order valence-corrected chi connectivity index (χ3v) is 2.67. The quantitative estimate of drug-likeness (QED) is 0.430. The van der Waals surface area contributed by atoms with Gasteiger partial charge in [0.05, 0.1) is 4.92 Å². The van der Waals surface area contributed by atoms with Gasteiger partial charge in [-0.1, -0.05) is 0 Å². The summed E-state index contributed by atoms with van der Waals surface area (Å²) in [5, 5.41) is 20.3. The van der Waals surface area contributed by atoms with Gasteiger partial charge in [-0.3, -0.25) is 19.6 Å². The highest BCUT2D eigenvalue weighted by molar-refractivity contribution is 5.80. The molecule has 0 aromatic carbocycles. The van der Waals surface area contributed by atoms with Crippen LogP contribution in [0, 0.1) is 16.0 Å². The van der Waals surface area contributed by atoms with Crippen molar-refractivity contribution in [2.45, 2.75) is 12.8 Å². The Labute approximate surface area is 104 Å². The van der Waals surface area contributed by atoms with Crippen LogP contribution >= 0.6 is 0 Å². The van der Waals surface area contributed by atoms with E-state index in [1.54, 1.807) is 7.05 Å². The molecule has 0 radical (unpaired) electrons. The second-order valence-corrected chi connectivity index (χ2v) is 4.29. The number of hydrogen-bond donors (Lipinski definition) is 2.